The molecule has 2 N–H and O–H groups in total. The molecule has 0 radical (unpaired) electrons. The van der Waals surface area contributed by atoms with Crippen LogP contribution in [0.15, 0.2) is 66.7 Å². The van der Waals surface area contributed by atoms with Gasteiger partial charge in [-0.05, 0) is 106 Å². The Morgan fingerprint density at radius 2 is 1.28 bits per heavy atom. The Morgan fingerprint density at radius 3 is 1.80 bits per heavy atom. The predicted molar refractivity (Wildman–Crippen MR) is 251 cm³/mol. The van der Waals surface area contributed by atoms with E-state index in [1.54, 1.807) is 49.4 Å². The van der Waals surface area contributed by atoms with Crippen molar-refractivity contribution < 1.29 is 30.8 Å². The van der Waals surface area contributed by atoms with E-state index in [1.807, 2.05) is 39.0 Å². The van der Waals surface area contributed by atoms with Crippen molar-refractivity contribution in [1.82, 2.24) is 29.2 Å². The lowest BCUT2D eigenvalue weighted by atomic mass is 9.75. The molecular formula is C46H56Cl3FN6O6S2. The first kappa shape index (κ1) is 49.7. The Labute approximate surface area is 391 Å². The van der Waals surface area contributed by atoms with E-state index in [0.29, 0.717) is 36.4 Å². The first-order valence-electron chi connectivity index (χ1n) is 21.7. The van der Waals surface area contributed by atoms with Gasteiger partial charge in [0.05, 0.1) is 38.4 Å². The van der Waals surface area contributed by atoms with Crippen molar-refractivity contribution >= 4 is 66.7 Å². The van der Waals surface area contributed by atoms with E-state index >= 15 is 4.39 Å². The minimum Gasteiger partial charge on any atom is -0.351 e. The summed E-state index contributed by atoms with van der Waals surface area (Å²) in [6.07, 6.45) is 2.84. The van der Waals surface area contributed by atoms with Crippen molar-refractivity contribution in [2.45, 2.75) is 89.4 Å². The summed E-state index contributed by atoms with van der Waals surface area (Å²) >= 11 is 18.8. The zero-order chi connectivity index (χ0) is 46.5. The van der Waals surface area contributed by atoms with Gasteiger partial charge in [0.25, 0.3) is 11.8 Å². The molecule has 4 heterocycles. The van der Waals surface area contributed by atoms with Crippen LogP contribution in [0.25, 0.3) is 0 Å². The molecule has 6 rings (SSSR count). The van der Waals surface area contributed by atoms with Gasteiger partial charge in [-0.25, -0.2) is 30.4 Å². The maximum absolute atomic E-state index is 16.4. The van der Waals surface area contributed by atoms with Crippen LogP contribution in [0.2, 0.25) is 15.1 Å². The molecule has 2 amide bonds. The average molecular weight is 978 g/mol. The van der Waals surface area contributed by atoms with Crippen LogP contribution in [-0.4, -0.2) is 98.0 Å². The second-order valence-electron chi connectivity index (χ2n) is 17.1. The van der Waals surface area contributed by atoms with Gasteiger partial charge >= 0.3 is 0 Å². The van der Waals surface area contributed by atoms with E-state index < -0.39 is 48.6 Å². The number of sulfonamides is 2. The van der Waals surface area contributed by atoms with Crippen LogP contribution in [0.4, 0.5) is 4.39 Å². The lowest BCUT2D eigenvalue weighted by Gasteiger charge is -2.41. The highest BCUT2D eigenvalue weighted by Gasteiger charge is 2.43. The summed E-state index contributed by atoms with van der Waals surface area (Å²) in [5, 5.41) is 6.87. The second-order valence-corrected chi connectivity index (χ2v) is 22.5. The third-order valence-electron chi connectivity index (χ3n) is 12.8. The standard InChI is InChI=1S/C46H56Cl3FN6O6S2/c1-5-7-25-63(59,60)55-21-17-46(18-22-55,30-52-43(57)36-13-11-31(3)26-38(36)48)41-16-15-35(42(50)54-41)33(6-2)28-64(61,62)56-23-19-45(20-24-56,40-10-8-9-32(4)53-40)29-51-44(58)37-14-12-34(47)27-39(37)49/h8-16,26-27,33H,5-7,17-25,28-30H2,1-4H3,(H,51,58)(H,52,57). The van der Waals surface area contributed by atoms with Gasteiger partial charge in [-0.3, -0.25) is 14.6 Å². The van der Waals surface area contributed by atoms with Gasteiger partial charge < -0.3 is 10.6 Å². The summed E-state index contributed by atoms with van der Waals surface area (Å²) in [6, 6.07) is 18.6. The molecule has 18 heteroatoms. The van der Waals surface area contributed by atoms with Crippen LogP contribution in [0, 0.1) is 19.8 Å². The molecule has 2 saturated heterocycles. The van der Waals surface area contributed by atoms with Gasteiger partial charge in [0.2, 0.25) is 26.0 Å². The Bertz CT molecular complexity index is 2570. The van der Waals surface area contributed by atoms with E-state index in [1.165, 1.54) is 14.7 Å². The van der Waals surface area contributed by atoms with E-state index in [-0.39, 0.29) is 96.3 Å². The van der Waals surface area contributed by atoms with Crippen molar-refractivity contribution in [1.29, 1.82) is 0 Å². The van der Waals surface area contributed by atoms with Gasteiger partial charge in [-0.1, -0.05) is 73.3 Å². The van der Waals surface area contributed by atoms with Crippen LogP contribution in [-0.2, 0) is 30.9 Å². The van der Waals surface area contributed by atoms with Gasteiger partial charge in [0.15, 0.2) is 0 Å². The number of nitrogens with zero attached hydrogens (tertiary/aromatic N) is 4. The fraction of sp³-hybridized carbons (Fsp3) is 0.478. The van der Waals surface area contributed by atoms with Crippen molar-refractivity contribution in [3.8, 4) is 0 Å². The van der Waals surface area contributed by atoms with E-state index in [4.69, 9.17) is 39.8 Å². The normalized spacial score (nSPS) is 17.4. The lowest BCUT2D eigenvalue weighted by molar-refractivity contribution is 0.0924. The Balaban J connectivity index is 1.19. The molecule has 4 aromatic rings. The molecule has 2 aliphatic rings. The Morgan fingerprint density at radius 1 is 0.734 bits per heavy atom. The molecule has 12 nitrogen and oxygen atoms in total. The van der Waals surface area contributed by atoms with Crippen molar-refractivity contribution in [2.24, 2.45) is 0 Å². The number of hydrogen-bond acceptors (Lipinski definition) is 8. The largest absolute Gasteiger partial charge is 0.351 e. The van der Waals surface area contributed by atoms with E-state index in [0.717, 1.165) is 23.4 Å². The summed E-state index contributed by atoms with van der Waals surface area (Å²) < 4.78 is 74.0. The van der Waals surface area contributed by atoms with Crippen molar-refractivity contribution in [3.63, 3.8) is 0 Å². The summed E-state index contributed by atoms with van der Waals surface area (Å²) in [7, 11) is -7.44. The Kier molecular flexibility index (Phi) is 16.2. The number of aryl methyl sites for hydroxylation is 2. The third-order valence-corrected chi connectivity index (χ3v) is 17.6. The molecule has 0 spiro atoms. The molecular weight excluding hydrogens is 922 g/mol. The number of piperidine rings is 2. The summed E-state index contributed by atoms with van der Waals surface area (Å²) in [4.78, 5) is 36.0. The highest BCUT2D eigenvalue weighted by Crippen LogP contribution is 2.39. The zero-order valence-electron chi connectivity index (χ0n) is 36.6. The zero-order valence-corrected chi connectivity index (χ0v) is 40.5. The van der Waals surface area contributed by atoms with Gasteiger partial charge in [-0.15, -0.1) is 0 Å². The van der Waals surface area contributed by atoms with Crippen LogP contribution in [0.3, 0.4) is 0 Å². The summed E-state index contributed by atoms with van der Waals surface area (Å²) in [6.45, 7) is 8.33. The number of carbonyl (C=O) groups is 2. The third kappa shape index (κ3) is 11.4. The molecule has 2 aromatic heterocycles. The van der Waals surface area contributed by atoms with E-state index in [2.05, 4.69) is 15.6 Å². The van der Waals surface area contributed by atoms with Crippen LogP contribution in [0.5, 0.6) is 0 Å². The number of rotatable bonds is 17. The summed E-state index contributed by atoms with van der Waals surface area (Å²) in [5.74, 6) is -2.68. The first-order valence-corrected chi connectivity index (χ1v) is 26.0. The first-order chi connectivity index (χ1) is 30.3. The highest BCUT2D eigenvalue weighted by atomic mass is 35.5. The number of halogens is 4. The van der Waals surface area contributed by atoms with Crippen molar-refractivity contribution in [2.75, 3.05) is 50.8 Å². The van der Waals surface area contributed by atoms with Crippen LogP contribution < -0.4 is 10.6 Å². The number of carbonyl (C=O) groups excluding carboxylic acids is 2. The topological polar surface area (TPSA) is 159 Å². The fourth-order valence-electron chi connectivity index (χ4n) is 8.73. The molecule has 1 unspecified atom stereocenters. The van der Waals surface area contributed by atoms with Gasteiger partial charge in [-0.2, -0.15) is 4.39 Å². The van der Waals surface area contributed by atoms with Gasteiger partial charge in [0.1, 0.15) is 0 Å². The smallest absolute Gasteiger partial charge is 0.252 e. The molecule has 64 heavy (non-hydrogen) atoms. The van der Waals surface area contributed by atoms with E-state index in [9.17, 15) is 26.4 Å². The molecule has 0 bridgehead atoms. The minimum absolute atomic E-state index is 0.0311. The predicted octanol–water partition coefficient (Wildman–Crippen LogP) is 8.37. The number of amides is 2. The molecule has 2 aliphatic heterocycles. The number of aromatic nitrogens is 2. The Hall–Kier alpha value is -3.70. The quantitative estimate of drug-likeness (QED) is 0.1000. The number of pyridine rings is 2. The number of unbranched alkanes of at least 4 members (excludes halogenated alkanes) is 1. The second kappa shape index (κ2) is 20.9. The lowest BCUT2D eigenvalue weighted by Crippen LogP contribution is -2.51. The molecule has 1 atom stereocenters. The maximum Gasteiger partial charge on any atom is 0.252 e. The SMILES string of the molecule is CCCCS(=O)(=O)N1CCC(CNC(=O)c2ccc(C)cc2Cl)(c2ccc(C(CC)CS(=O)(=O)N3CCC(CNC(=O)c4ccc(Cl)cc4Cl)(c4cccc(C)n4)CC3)c(F)n2)CC1. The maximum atomic E-state index is 16.4. The molecule has 2 fully saturated rings. The monoisotopic (exact) mass is 976 g/mol. The summed E-state index contributed by atoms with van der Waals surface area (Å²) in [5.41, 5.74) is 1.85. The fourth-order valence-corrected chi connectivity index (χ4v) is 13.1. The molecule has 0 aliphatic carbocycles. The highest BCUT2D eigenvalue weighted by molar-refractivity contribution is 7.89. The van der Waals surface area contributed by atoms with Crippen molar-refractivity contribution in [3.05, 3.63) is 127 Å². The van der Waals surface area contributed by atoms with Gasteiger partial charge in [0, 0.05) is 78.0 Å². The molecule has 2 aromatic carbocycles. The number of benzene rings is 2. The number of nitrogens with one attached hydrogen (secondary N) is 2. The van der Waals surface area contributed by atoms with Crippen LogP contribution in [0.1, 0.15) is 114 Å². The molecule has 346 valence electrons. The average Bonchev–Trinajstić information content (AvgIpc) is 3.26. The molecule has 0 saturated carbocycles. The number of hydrogen-bond donors (Lipinski definition) is 2. The van der Waals surface area contributed by atoms with Crippen LogP contribution >= 0.6 is 34.8 Å². The minimum atomic E-state index is -3.92.